The van der Waals surface area contributed by atoms with Gasteiger partial charge in [-0.3, -0.25) is 10.1 Å². The highest BCUT2D eigenvalue weighted by molar-refractivity contribution is 7.10. The van der Waals surface area contributed by atoms with Crippen molar-refractivity contribution in [2.24, 2.45) is 0 Å². The lowest BCUT2D eigenvalue weighted by molar-refractivity contribution is -0.940. The molecule has 1 unspecified atom stereocenters. The molecule has 1 N–H and O–H groups in total. The molecular weight excluding hydrogens is 388 g/mol. The zero-order valence-corrected chi connectivity index (χ0v) is 17.2. The van der Waals surface area contributed by atoms with Crippen LogP contribution < -0.4 is 14.4 Å². The van der Waals surface area contributed by atoms with Gasteiger partial charge in [-0.25, -0.2) is 0 Å². The highest BCUT2D eigenvalue weighted by atomic mass is 32.1. The average molecular weight is 412 g/mol. The van der Waals surface area contributed by atoms with E-state index in [4.69, 9.17) is 9.47 Å². The van der Waals surface area contributed by atoms with Crippen LogP contribution in [-0.2, 0) is 13.0 Å². The predicted molar refractivity (Wildman–Crippen MR) is 112 cm³/mol. The molecule has 7 heteroatoms. The molecule has 2 aromatic carbocycles. The molecule has 0 spiro atoms. The maximum absolute atomic E-state index is 10.9. The Morgan fingerprint density at radius 2 is 1.86 bits per heavy atom. The molecule has 150 valence electrons. The summed E-state index contributed by atoms with van der Waals surface area (Å²) in [7, 11) is 3.32. The first kappa shape index (κ1) is 19.4. The molecule has 1 aliphatic rings. The fraction of sp³-hybridized carbons (Fsp3) is 0.273. The van der Waals surface area contributed by atoms with Crippen molar-refractivity contribution in [1.29, 1.82) is 0 Å². The third-order valence-electron chi connectivity index (χ3n) is 5.49. The van der Waals surface area contributed by atoms with Crippen LogP contribution in [0.2, 0.25) is 0 Å². The van der Waals surface area contributed by atoms with Crippen molar-refractivity contribution < 1.29 is 19.3 Å². The Morgan fingerprint density at radius 1 is 1.14 bits per heavy atom. The van der Waals surface area contributed by atoms with E-state index in [1.54, 1.807) is 37.7 Å². The van der Waals surface area contributed by atoms with Crippen LogP contribution in [0.5, 0.6) is 11.5 Å². The van der Waals surface area contributed by atoms with E-state index in [2.05, 4.69) is 29.6 Å². The van der Waals surface area contributed by atoms with Gasteiger partial charge in [0, 0.05) is 29.7 Å². The first-order valence-corrected chi connectivity index (χ1v) is 10.3. The Bertz CT molecular complexity index is 1000. The molecule has 0 saturated carbocycles. The number of benzene rings is 2. The number of thiophene rings is 1. The molecule has 1 aliphatic heterocycles. The van der Waals surface area contributed by atoms with Crippen LogP contribution in [0.15, 0.2) is 53.9 Å². The van der Waals surface area contributed by atoms with Crippen LogP contribution in [0.3, 0.4) is 0 Å². The lowest BCUT2D eigenvalue weighted by atomic mass is 9.90. The smallest absolute Gasteiger partial charge is 0.269 e. The van der Waals surface area contributed by atoms with Crippen LogP contribution in [-0.4, -0.2) is 25.7 Å². The Kier molecular flexibility index (Phi) is 5.51. The van der Waals surface area contributed by atoms with Gasteiger partial charge in [0.25, 0.3) is 5.69 Å². The van der Waals surface area contributed by atoms with Crippen molar-refractivity contribution in [3.05, 3.63) is 85.6 Å². The van der Waals surface area contributed by atoms with E-state index >= 15 is 0 Å². The highest BCUT2D eigenvalue weighted by Gasteiger charge is 2.34. The highest BCUT2D eigenvalue weighted by Crippen LogP contribution is 2.37. The molecule has 2 heterocycles. The van der Waals surface area contributed by atoms with E-state index in [0.717, 1.165) is 36.6 Å². The number of methoxy groups -OCH3 is 2. The van der Waals surface area contributed by atoms with Crippen LogP contribution in [0.25, 0.3) is 0 Å². The second-order valence-corrected chi connectivity index (χ2v) is 8.09. The molecule has 0 radical (unpaired) electrons. The van der Waals surface area contributed by atoms with E-state index < -0.39 is 0 Å². The molecule has 2 atom stereocenters. The molecule has 4 rings (SSSR count). The molecule has 0 fully saturated rings. The number of hydrogen-bond donors (Lipinski definition) is 1. The fourth-order valence-electron chi connectivity index (χ4n) is 4.08. The van der Waals surface area contributed by atoms with Gasteiger partial charge in [0.15, 0.2) is 11.5 Å². The second-order valence-electron chi connectivity index (χ2n) is 7.11. The van der Waals surface area contributed by atoms with Gasteiger partial charge in [0.1, 0.15) is 12.6 Å². The Balaban J connectivity index is 1.71. The zero-order valence-electron chi connectivity index (χ0n) is 16.4. The lowest BCUT2D eigenvalue weighted by Gasteiger charge is -2.34. The molecule has 29 heavy (non-hydrogen) atoms. The summed E-state index contributed by atoms with van der Waals surface area (Å²) in [6, 6.07) is 15.5. The first-order chi connectivity index (χ1) is 14.1. The average Bonchev–Trinajstić information content (AvgIpc) is 3.27. The van der Waals surface area contributed by atoms with Crippen molar-refractivity contribution >= 4 is 17.0 Å². The van der Waals surface area contributed by atoms with E-state index in [1.165, 1.54) is 20.9 Å². The topological polar surface area (TPSA) is 66.0 Å². The van der Waals surface area contributed by atoms with Gasteiger partial charge in [-0.15, -0.1) is 11.3 Å². The minimum absolute atomic E-state index is 0.124. The van der Waals surface area contributed by atoms with Crippen molar-refractivity contribution in [2.75, 3.05) is 20.8 Å². The summed E-state index contributed by atoms with van der Waals surface area (Å²) in [5, 5.41) is 13.0. The molecule has 3 aromatic rings. The summed E-state index contributed by atoms with van der Waals surface area (Å²) in [6.45, 7) is 1.77. The van der Waals surface area contributed by atoms with Crippen molar-refractivity contribution in [3.8, 4) is 11.5 Å². The number of non-ortho nitro benzene ring substituents is 1. The Morgan fingerprint density at radius 3 is 2.48 bits per heavy atom. The van der Waals surface area contributed by atoms with E-state index in [-0.39, 0.29) is 16.7 Å². The van der Waals surface area contributed by atoms with Gasteiger partial charge in [-0.05, 0) is 41.3 Å². The summed E-state index contributed by atoms with van der Waals surface area (Å²) in [5.74, 6) is 1.50. The van der Waals surface area contributed by atoms with E-state index in [9.17, 15) is 10.1 Å². The maximum Gasteiger partial charge on any atom is 0.269 e. The zero-order chi connectivity index (χ0) is 20.4. The minimum atomic E-state index is -0.359. The van der Waals surface area contributed by atoms with Crippen LogP contribution >= 0.6 is 11.3 Å². The van der Waals surface area contributed by atoms with Gasteiger partial charge < -0.3 is 14.4 Å². The number of nitrogens with zero attached hydrogens (tertiary/aromatic N) is 1. The third-order valence-corrected chi connectivity index (χ3v) is 6.42. The number of quaternary nitrogens is 1. The molecule has 0 bridgehead atoms. The Hall–Kier alpha value is -2.90. The van der Waals surface area contributed by atoms with Gasteiger partial charge in [0.05, 0.1) is 30.6 Å². The number of nitrogens with one attached hydrogen (secondary N) is 1. The third kappa shape index (κ3) is 3.83. The number of rotatable bonds is 6. The second kappa shape index (κ2) is 8.23. The quantitative estimate of drug-likeness (QED) is 0.499. The summed E-state index contributed by atoms with van der Waals surface area (Å²) < 4.78 is 11.1. The fourth-order valence-corrected chi connectivity index (χ4v) is 4.98. The number of nitro benzene ring substituents is 1. The number of ether oxygens (including phenoxy) is 2. The van der Waals surface area contributed by atoms with E-state index in [1.807, 2.05) is 12.1 Å². The molecule has 0 amide bonds. The van der Waals surface area contributed by atoms with Crippen molar-refractivity contribution in [2.45, 2.75) is 19.0 Å². The minimum Gasteiger partial charge on any atom is -0.493 e. The largest absolute Gasteiger partial charge is 0.493 e. The number of fused-ring (bicyclic) bond motifs is 1. The monoisotopic (exact) mass is 411 g/mol. The normalized spacial score (nSPS) is 18.1. The molecule has 1 aromatic heterocycles. The van der Waals surface area contributed by atoms with Gasteiger partial charge in [-0.2, -0.15) is 0 Å². The Labute approximate surface area is 173 Å². The van der Waals surface area contributed by atoms with Gasteiger partial charge in [0.2, 0.25) is 0 Å². The van der Waals surface area contributed by atoms with Crippen LogP contribution in [0.1, 0.15) is 27.6 Å². The van der Waals surface area contributed by atoms with Gasteiger partial charge >= 0.3 is 0 Å². The maximum atomic E-state index is 10.9. The molecular formula is C22H23N2O4S+. The van der Waals surface area contributed by atoms with Crippen LogP contribution in [0, 0.1) is 10.1 Å². The summed E-state index contributed by atoms with van der Waals surface area (Å²) >= 11 is 1.75. The molecule has 0 saturated heterocycles. The summed E-state index contributed by atoms with van der Waals surface area (Å²) in [6.07, 6.45) is 0.944. The standard InChI is InChI=1S/C22H22N2O4S/c1-27-19-12-16-9-10-23(14-15-5-7-17(8-6-15)24(25)26)22(21-4-3-11-29-21)18(16)13-20(19)28-2/h3-8,11-13,22H,9-10,14H2,1-2H3/p+1/t22-/m0/s1. The number of nitro groups is 1. The van der Waals surface area contributed by atoms with E-state index in [0.29, 0.717) is 0 Å². The SMILES string of the molecule is COc1cc2c(cc1OC)[C@@H](c1cccs1)[NH+](Cc1ccc([N+](=O)[O-])cc1)CC2. The summed E-state index contributed by atoms with van der Waals surface area (Å²) in [4.78, 5) is 13.3. The first-order valence-electron chi connectivity index (χ1n) is 9.46. The van der Waals surface area contributed by atoms with Crippen molar-refractivity contribution in [3.63, 3.8) is 0 Å². The lowest BCUT2D eigenvalue weighted by Crippen LogP contribution is -3.12. The van der Waals surface area contributed by atoms with Crippen molar-refractivity contribution in [1.82, 2.24) is 0 Å². The van der Waals surface area contributed by atoms with Gasteiger partial charge in [-0.1, -0.05) is 6.07 Å². The van der Waals surface area contributed by atoms with Crippen LogP contribution in [0.4, 0.5) is 5.69 Å². The summed E-state index contributed by atoms with van der Waals surface area (Å²) in [5.41, 5.74) is 3.76. The number of hydrogen-bond acceptors (Lipinski definition) is 5. The predicted octanol–water partition coefficient (Wildman–Crippen LogP) is 3.40. The molecule has 0 aliphatic carbocycles. The molecule has 6 nitrogen and oxygen atoms in total.